The summed E-state index contributed by atoms with van der Waals surface area (Å²) >= 11 is 6.16. The largest absolute Gasteiger partial charge is 0.435 e. The molecule has 1 aromatic carbocycles. The average molecular weight is 450 g/mol. The molecule has 1 amide bonds. The highest BCUT2D eigenvalue weighted by Crippen LogP contribution is 2.31. The summed E-state index contributed by atoms with van der Waals surface area (Å²) in [6.45, 7) is 2.70. The first-order chi connectivity index (χ1) is 14.8. The summed E-state index contributed by atoms with van der Waals surface area (Å²) < 4.78 is 40.9. The molecule has 0 aliphatic carbocycles. The van der Waals surface area contributed by atoms with Crippen LogP contribution in [0.1, 0.15) is 21.7 Å². The third-order valence-corrected chi connectivity index (χ3v) is 5.41. The van der Waals surface area contributed by atoms with E-state index in [1.54, 1.807) is 29.4 Å². The van der Waals surface area contributed by atoms with E-state index in [1.807, 2.05) is 12.1 Å². The Morgan fingerprint density at radius 3 is 2.45 bits per heavy atom. The van der Waals surface area contributed by atoms with Gasteiger partial charge in [-0.25, -0.2) is 4.68 Å². The normalized spacial score (nSPS) is 15.3. The molecule has 0 bridgehead atoms. The lowest BCUT2D eigenvalue weighted by Gasteiger charge is -2.34. The summed E-state index contributed by atoms with van der Waals surface area (Å²) in [5, 5.41) is 3.85. The highest BCUT2D eigenvalue weighted by Gasteiger charge is 2.37. The number of hydrogen-bond donors (Lipinski definition) is 0. The number of piperazine rings is 1. The van der Waals surface area contributed by atoms with Gasteiger partial charge in [-0.05, 0) is 23.8 Å². The molecule has 10 heteroatoms. The van der Waals surface area contributed by atoms with Crippen molar-refractivity contribution in [2.24, 2.45) is 0 Å². The fourth-order valence-corrected chi connectivity index (χ4v) is 3.72. The molecule has 31 heavy (non-hydrogen) atoms. The van der Waals surface area contributed by atoms with E-state index in [-0.39, 0.29) is 16.4 Å². The Balaban J connectivity index is 1.54. The van der Waals surface area contributed by atoms with Crippen LogP contribution in [0, 0.1) is 0 Å². The van der Waals surface area contributed by atoms with Gasteiger partial charge in [-0.3, -0.25) is 14.7 Å². The molecule has 1 aliphatic heterocycles. The number of aromatic nitrogens is 3. The van der Waals surface area contributed by atoms with Crippen molar-refractivity contribution in [1.82, 2.24) is 24.6 Å². The minimum atomic E-state index is -4.68. The predicted molar refractivity (Wildman–Crippen MR) is 109 cm³/mol. The third kappa shape index (κ3) is 4.72. The smallest absolute Gasteiger partial charge is 0.335 e. The van der Waals surface area contributed by atoms with E-state index in [4.69, 9.17) is 11.6 Å². The van der Waals surface area contributed by atoms with Gasteiger partial charge in [0.05, 0.1) is 10.7 Å². The number of alkyl halides is 3. The van der Waals surface area contributed by atoms with Crippen molar-refractivity contribution >= 4 is 17.5 Å². The van der Waals surface area contributed by atoms with E-state index in [0.717, 1.165) is 16.3 Å². The van der Waals surface area contributed by atoms with Gasteiger partial charge in [0, 0.05) is 51.2 Å². The third-order valence-electron chi connectivity index (χ3n) is 5.09. The van der Waals surface area contributed by atoms with Gasteiger partial charge in [-0.2, -0.15) is 18.3 Å². The van der Waals surface area contributed by atoms with Crippen molar-refractivity contribution in [2.75, 3.05) is 26.2 Å². The minimum Gasteiger partial charge on any atom is -0.335 e. The fraction of sp³-hybridized carbons (Fsp3) is 0.286. The zero-order valence-corrected chi connectivity index (χ0v) is 17.1. The zero-order chi connectivity index (χ0) is 22.0. The lowest BCUT2D eigenvalue weighted by Crippen LogP contribution is -2.48. The molecule has 0 spiro atoms. The molecule has 4 rings (SSSR count). The molecule has 0 saturated carbocycles. The molecule has 0 radical (unpaired) electrons. The monoisotopic (exact) mass is 449 g/mol. The van der Waals surface area contributed by atoms with Crippen molar-refractivity contribution in [3.63, 3.8) is 0 Å². The van der Waals surface area contributed by atoms with Crippen LogP contribution < -0.4 is 0 Å². The summed E-state index contributed by atoms with van der Waals surface area (Å²) in [5.41, 5.74) is -0.0146. The molecule has 1 aliphatic rings. The van der Waals surface area contributed by atoms with E-state index in [9.17, 15) is 18.0 Å². The first-order valence-electron chi connectivity index (χ1n) is 9.65. The highest BCUT2D eigenvalue weighted by atomic mass is 35.5. The van der Waals surface area contributed by atoms with E-state index in [2.05, 4.69) is 15.0 Å². The zero-order valence-electron chi connectivity index (χ0n) is 16.4. The molecule has 1 saturated heterocycles. The molecule has 3 heterocycles. The van der Waals surface area contributed by atoms with Crippen LogP contribution in [0.3, 0.4) is 0 Å². The molecule has 3 aromatic rings. The van der Waals surface area contributed by atoms with Crippen LogP contribution in [-0.4, -0.2) is 56.7 Å². The Kier molecular flexibility index (Phi) is 5.97. The molecule has 0 N–H and O–H groups in total. The molecule has 6 nitrogen and oxygen atoms in total. The van der Waals surface area contributed by atoms with Gasteiger partial charge in [0.1, 0.15) is 5.69 Å². The maximum Gasteiger partial charge on any atom is 0.435 e. The number of nitrogens with zero attached hydrogens (tertiary/aromatic N) is 5. The number of para-hydroxylation sites is 1. The fourth-order valence-electron chi connectivity index (χ4n) is 3.50. The number of amides is 1. The van der Waals surface area contributed by atoms with Crippen LogP contribution in [-0.2, 0) is 12.7 Å². The van der Waals surface area contributed by atoms with E-state index in [1.165, 1.54) is 12.1 Å². The van der Waals surface area contributed by atoms with Gasteiger partial charge in [0.2, 0.25) is 0 Å². The van der Waals surface area contributed by atoms with Gasteiger partial charge in [-0.15, -0.1) is 0 Å². The number of hydrogen-bond acceptors (Lipinski definition) is 4. The summed E-state index contributed by atoms with van der Waals surface area (Å²) in [7, 11) is 0. The Morgan fingerprint density at radius 1 is 1.06 bits per heavy atom. The molecular weight excluding hydrogens is 431 g/mol. The van der Waals surface area contributed by atoms with Crippen LogP contribution in [0.15, 0.2) is 54.9 Å². The summed E-state index contributed by atoms with van der Waals surface area (Å²) in [6.07, 6.45) is -1.18. The maximum absolute atomic E-state index is 13.3. The maximum atomic E-state index is 13.3. The van der Waals surface area contributed by atoms with Gasteiger partial charge < -0.3 is 4.90 Å². The second kappa shape index (κ2) is 8.68. The lowest BCUT2D eigenvalue weighted by molar-refractivity contribution is -0.141. The van der Waals surface area contributed by atoms with Crippen molar-refractivity contribution in [2.45, 2.75) is 12.7 Å². The van der Waals surface area contributed by atoms with Crippen molar-refractivity contribution in [3.05, 3.63) is 76.8 Å². The Labute approximate surface area is 181 Å². The number of halogens is 4. The SMILES string of the molecule is O=C(c1cc(C(F)(F)F)nn1-c1ccccc1Cl)N1CCN(Cc2cccnc2)CC1. The van der Waals surface area contributed by atoms with E-state index < -0.39 is 17.8 Å². The van der Waals surface area contributed by atoms with E-state index in [0.29, 0.717) is 32.7 Å². The van der Waals surface area contributed by atoms with Crippen LogP contribution in [0.2, 0.25) is 5.02 Å². The van der Waals surface area contributed by atoms with Gasteiger partial charge in [0.25, 0.3) is 5.91 Å². The Bertz CT molecular complexity index is 1060. The second-order valence-corrected chi connectivity index (χ2v) is 7.61. The van der Waals surface area contributed by atoms with Crippen LogP contribution in [0.25, 0.3) is 5.69 Å². The van der Waals surface area contributed by atoms with Gasteiger partial charge >= 0.3 is 6.18 Å². The quantitative estimate of drug-likeness (QED) is 0.606. The van der Waals surface area contributed by atoms with Crippen LogP contribution >= 0.6 is 11.6 Å². The first kappa shape index (κ1) is 21.3. The van der Waals surface area contributed by atoms with E-state index >= 15 is 0 Å². The number of benzene rings is 1. The first-order valence-corrected chi connectivity index (χ1v) is 10.0. The standard InChI is InChI=1S/C21H19ClF3N5O/c22-16-5-1-2-6-17(16)30-18(12-19(27-30)21(23,24)25)20(31)29-10-8-28(9-11-29)14-15-4-3-7-26-13-15/h1-7,12-13H,8-11,14H2. The molecule has 162 valence electrons. The summed E-state index contributed by atoms with van der Waals surface area (Å²) in [6, 6.07) is 11.0. The van der Waals surface area contributed by atoms with Crippen molar-refractivity contribution in [1.29, 1.82) is 0 Å². The lowest BCUT2D eigenvalue weighted by atomic mass is 10.2. The predicted octanol–water partition coefficient (Wildman–Crippen LogP) is 3.90. The molecule has 0 unspecified atom stereocenters. The van der Waals surface area contributed by atoms with Gasteiger partial charge in [0.15, 0.2) is 5.69 Å². The molecule has 0 atom stereocenters. The number of carbonyl (C=O) groups is 1. The Hall–Kier alpha value is -2.91. The average Bonchev–Trinajstić information content (AvgIpc) is 3.21. The number of pyridine rings is 1. The highest BCUT2D eigenvalue weighted by molar-refractivity contribution is 6.32. The Morgan fingerprint density at radius 2 is 1.81 bits per heavy atom. The van der Waals surface area contributed by atoms with Crippen LogP contribution in [0.5, 0.6) is 0 Å². The minimum absolute atomic E-state index is 0.166. The number of carbonyl (C=O) groups excluding carboxylic acids is 1. The molecular formula is C21H19ClF3N5O. The topological polar surface area (TPSA) is 54.3 Å². The van der Waals surface area contributed by atoms with Crippen molar-refractivity contribution < 1.29 is 18.0 Å². The summed E-state index contributed by atoms with van der Waals surface area (Å²) in [4.78, 5) is 21.0. The number of rotatable bonds is 4. The van der Waals surface area contributed by atoms with Crippen LogP contribution in [0.4, 0.5) is 13.2 Å². The molecule has 2 aromatic heterocycles. The second-order valence-electron chi connectivity index (χ2n) is 7.21. The van der Waals surface area contributed by atoms with Gasteiger partial charge in [-0.1, -0.05) is 29.8 Å². The molecule has 1 fully saturated rings. The van der Waals surface area contributed by atoms with Crippen molar-refractivity contribution in [3.8, 4) is 5.69 Å². The summed E-state index contributed by atoms with van der Waals surface area (Å²) in [5.74, 6) is -0.510.